The van der Waals surface area contributed by atoms with Crippen LogP contribution in [0, 0.1) is 11.8 Å². The number of benzene rings is 3. The molecule has 5 rings (SSSR count). The molecular formula is C24H19N3OS. The van der Waals surface area contributed by atoms with Crippen molar-refractivity contribution in [3.8, 4) is 22.7 Å². The molecule has 0 spiro atoms. The predicted octanol–water partition coefficient (Wildman–Crippen LogP) is 6.38. The van der Waals surface area contributed by atoms with Crippen LogP contribution >= 0.6 is 12.2 Å². The molecular weight excluding hydrogens is 378 g/mol. The van der Waals surface area contributed by atoms with E-state index in [0.717, 1.165) is 33.3 Å². The van der Waals surface area contributed by atoms with Gasteiger partial charge in [0, 0.05) is 16.5 Å². The minimum absolute atomic E-state index is 0.359. The fourth-order valence-electron chi connectivity index (χ4n) is 3.63. The number of nitrogens with zero attached hydrogens (tertiary/aromatic N) is 2. The Morgan fingerprint density at radius 2 is 1.69 bits per heavy atom. The van der Waals surface area contributed by atoms with Gasteiger partial charge in [0.15, 0.2) is 0 Å². The zero-order valence-electron chi connectivity index (χ0n) is 15.9. The standard InChI is InChI=1S/C24H19N3OS/c1-16-12-13-20-19(14-16)21(18-10-6-3-7-11-18)22(25-20)23-26-27(24(29)28-23)15-17-8-4-2-5-9-17/h2-14,25H,15H2,1H3. The predicted molar refractivity (Wildman–Crippen MR) is 118 cm³/mol. The topological polar surface area (TPSA) is 46.8 Å². The average Bonchev–Trinajstić information content (AvgIpc) is 3.29. The summed E-state index contributed by atoms with van der Waals surface area (Å²) in [5.41, 5.74) is 6.40. The summed E-state index contributed by atoms with van der Waals surface area (Å²) in [5, 5.41) is 5.84. The van der Waals surface area contributed by atoms with E-state index in [4.69, 9.17) is 21.7 Å². The van der Waals surface area contributed by atoms with Crippen LogP contribution in [0.25, 0.3) is 33.6 Å². The Bertz CT molecular complexity index is 1350. The molecule has 142 valence electrons. The van der Waals surface area contributed by atoms with E-state index in [1.165, 1.54) is 5.56 Å². The molecule has 2 aromatic heterocycles. The second-order valence-electron chi connectivity index (χ2n) is 7.11. The van der Waals surface area contributed by atoms with Gasteiger partial charge in [-0.25, -0.2) is 4.68 Å². The number of aryl methyl sites for hydroxylation is 1. The lowest BCUT2D eigenvalue weighted by molar-refractivity contribution is 0.524. The number of aromatic amines is 1. The first-order valence-electron chi connectivity index (χ1n) is 9.49. The normalized spacial score (nSPS) is 11.2. The van der Waals surface area contributed by atoms with Crippen LogP contribution < -0.4 is 0 Å². The van der Waals surface area contributed by atoms with Crippen molar-refractivity contribution in [3.63, 3.8) is 0 Å². The average molecular weight is 398 g/mol. The smallest absolute Gasteiger partial charge is 0.287 e. The highest BCUT2D eigenvalue weighted by molar-refractivity contribution is 7.71. The summed E-state index contributed by atoms with van der Waals surface area (Å²) in [4.78, 5) is 3.85. The monoisotopic (exact) mass is 397 g/mol. The van der Waals surface area contributed by atoms with Crippen LogP contribution in [0.1, 0.15) is 11.1 Å². The summed E-state index contributed by atoms with van der Waals surface area (Å²) in [5.74, 6) is 0.499. The molecule has 0 amide bonds. The molecule has 0 unspecified atom stereocenters. The highest BCUT2D eigenvalue weighted by atomic mass is 32.1. The van der Waals surface area contributed by atoms with E-state index in [1.54, 1.807) is 4.68 Å². The van der Waals surface area contributed by atoms with Crippen molar-refractivity contribution < 1.29 is 4.42 Å². The Balaban J connectivity index is 1.68. The Kier molecular flexibility index (Phi) is 4.37. The number of hydrogen-bond acceptors (Lipinski definition) is 3. The summed E-state index contributed by atoms with van der Waals surface area (Å²) in [6.45, 7) is 2.67. The fraction of sp³-hybridized carbons (Fsp3) is 0.0833. The zero-order valence-corrected chi connectivity index (χ0v) is 16.7. The maximum absolute atomic E-state index is 5.93. The van der Waals surface area contributed by atoms with Crippen LogP contribution in [0.15, 0.2) is 83.3 Å². The number of aromatic nitrogens is 3. The van der Waals surface area contributed by atoms with Gasteiger partial charge < -0.3 is 9.40 Å². The third-order valence-electron chi connectivity index (χ3n) is 5.01. The van der Waals surface area contributed by atoms with Gasteiger partial charge in [0.05, 0.1) is 6.54 Å². The zero-order chi connectivity index (χ0) is 19.8. The van der Waals surface area contributed by atoms with Gasteiger partial charge in [-0.3, -0.25) is 0 Å². The van der Waals surface area contributed by atoms with Gasteiger partial charge in [0.1, 0.15) is 5.69 Å². The van der Waals surface area contributed by atoms with Gasteiger partial charge in [0.2, 0.25) is 0 Å². The summed E-state index contributed by atoms with van der Waals surface area (Å²) < 4.78 is 7.66. The van der Waals surface area contributed by atoms with E-state index >= 15 is 0 Å². The van der Waals surface area contributed by atoms with E-state index in [9.17, 15) is 0 Å². The quantitative estimate of drug-likeness (QED) is 0.358. The molecule has 4 nitrogen and oxygen atoms in total. The summed E-state index contributed by atoms with van der Waals surface area (Å²) in [6, 6.07) is 26.8. The van der Waals surface area contributed by atoms with Crippen molar-refractivity contribution in [2.45, 2.75) is 13.5 Å². The van der Waals surface area contributed by atoms with Crippen molar-refractivity contribution in [2.75, 3.05) is 0 Å². The lowest BCUT2D eigenvalue weighted by atomic mass is 10.0. The molecule has 1 N–H and O–H groups in total. The number of hydrogen-bond donors (Lipinski definition) is 1. The summed E-state index contributed by atoms with van der Waals surface area (Å²) in [7, 11) is 0. The lowest BCUT2D eigenvalue weighted by Gasteiger charge is -2.03. The molecule has 0 fully saturated rings. The van der Waals surface area contributed by atoms with Crippen molar-refractivity contribution in [2.24, 2.45) is 0 Å². The third kappa shape index (κ3) is 3.30. The van der Waals surface area contributed by atoms with Gasteiger partial charge in [-0.1, -0.05) is 72.3 Å². The molecule has 5 aromatic rings. The molecule has 0 aliphatic heterocycles. The van der Waals surface area contributed by atoms with Crippen LogP contribution in [0.4, 0.5) is 0 Å². The highest BCUT2D eigenvalue weighted by Crippen LogP contribution is 2.38. The fourth-order valence-corrected chi connectivity index (χ4v) is 3.82. The third-order valence-corrected chi connectivity index (χ3v) is 5.31. The van der Waals surface area contributed by atoms with Gasteiger partial charge >= 0.3 is 0 Å². The van der Waals surface area contributed by atoms with Gasteiger partial charge in [-0.15, -0.1) is 5.10 Å². The molecule has 0 aliphatic rings. The lowest BCUT2D eigenvalue weighted by Crippen LogP contribution is -2.01. The molecule has 0 bridgehead atoms. The first-order valence-corrected chi connectivity index (χ1v) is 9.90. The number of rotatable bonds is 4. The first kappa shape index (κ1) is 17.6. The van der Waals surface area contributed by atoms with Crippen LogP contribution in [0.5, 0.6) is 0 Å². The molecule has 0 atom stereocenters. The number of nitrogens with one attached hydrogen (secondary N) is 1. The Morgan fingerprint density at radius 3 is 2.45 bits per heavy atom. The SMILES string of the molecule is Cc1ccc2[nH]c(-c3nn(Cc4ccccc4)c(=S)o3)c(-c3ccccc3)c2c1. The first-order chi connectivity index (χ1) is 14.2. The molecule has 3 aromatic carbocycles. The van der Waals surface area contributed by atoms with Gasteiger partial charge in [-0.2, -0.15) is 0 Å². The number of H-pyrrole nitrogens is 1. The minimum Gasteiger partial charge on any atom is -0.408 e. The molecule has 0 radical (unpaired) electrons. The summed E-state index contributed by atoms with van der Waals surface area (Å²) >= 11 is 5.45. The molecule has 0 saturated carbocycles. The second kappa shape index (κ2) is 7.18. The van der Waals surface area contributed by atoms with E-state index in [-0.39, 0.29) is 0 Å². The van der Waals surface area contributed by atoms with E-state index in [0.29, 0.717) is 17.3 Å². The summed E-state index contributed by atoms with van der Waals surface area (Å²) in [6.07, 6.45) is 0. The highest BCUT2D eigenvalue weighted by Gasteiger charge is 2.20. The maximum atomic E-state index is 5.93. The van der Waals surface area contributed by atoms with E-state index in [1.807, 2.05) is 36.4 Å². The largest absolute Gasteiger partial charge is 0.408 e. The number of fused-ring (bicyclic) bond motifs is 1. The molecule has 0 saturated heterocycles. The Hall–Kier alpha value is -3.44. The van der Waals surface area contributed by atoms with Crippen molar-refractivity contribution in [1.29, 1.82) is 0 Å². The molecule has 5 heteroatoms. The molecule has 2 heterocycles. The van der Waals surface area contributed by atoms with Crippen molar-refractivity contribution in [3.05, 3.63) is 94.8 Å². The van der Waals surface area contributed by atoms with Crippen LogP contribution in [0.3, 0.4) is 0 Å². The van der Waals surface area contributed by atoms with Crippen LogP contribution in [0.2, 0.25) is 0 Å². The minimum atomic E-state index is 0.359. The van der Waals surface area contributed by atoms with Crippen molar-refractivity contribution >= 4 is 23.1 Å². The molecule has 29 heavy (non-hydrogen) atoms. The van der Waals surface area contributed by atoms with Crippen molar-refractivity contribution in [1.82, 2.24) is 14.8 Å². The Morgan fingerprint density at radius 1 is 0.966 bits per heavy atom. The van der Waals surface area contributed by atoms with Gasteiger partial charge in [-0.05, 0) is 42.4 Å². The van der Waals surface area contributed by atoms with E-state index in [2.05, 4.69) is 54.4 Å². The van der Waals surface area contributed by atoms with Crippen LogP contribution in [-0.4, -0.2) is 14.8 Å². The maximum Gasteiger partial charge on any atom is 0.287 e. The Labute approximate surface area is 173 Å². The second-order valence-corrected chi connectivity index (χ2v) is 7.46. The molecule has 0 aliphatic carbocycles. The van der Waals surface area contributed by atoms with Gasteiger partial charge in [0.25, 0.3) is 10.7 Å². The van der Waals surface area contributed by atoms with E-state index < -0.39 is 0 Å². The van der Waals surface area contributed by atoms with Crippen LogP contribution in [-0.2, 0) is 6.54 Å².